The molecule has 5 heteroatoms. The molecule has 100 valence electrons. The molecule has 0 aliphatic rings. The third-order valence-electron chi connectivity index (χ3n) is 3.22. The molecule has 0 amide bonds. The Bertz CT molecular complexity index is 655. The number of benzene rings is 1. The van der Waals surface area contributed by atoms with Crippen LogP contribution in [-0.2, 0) is 0 Å². The zero-order valence-electron chi connectivity index (χ0n) is 10.6. The van der Waals surface area contributed by atoms with Crippen molar-refractivity contribution >= 4 is 16.9 Å². The van der Waals surface area contributed by atoms with Crippen LogP contribution >= 0.6 is 0 Å². The first-order valence-electron chi connectivity index (χ1n) is 5.97. The summed E-state index contributed by atoms with van der Waals surface area (Å²) < 4.78 is 26.5. The van der Waals surface area contributed by atoms with Gasteiger partial charge in [-0.1, -0.05) is 13.8 Å². The van der Waals surface area contributed by atoms with Crippen molar-refractivity contribution < 1.29 is 18.7 Å². The molecule has 2 rings (SSSR count). The van der Waals surface area contributed by atoms with Gasteiger partial charge in [-0.3, -0.25) is 4.98 Å². The van der Waals surface area contributed by atoms with Crippen molar-refractivity contribution in [2.45, 2.75) is 26.2 Å². The first-order chi connectivity index (χ1) is 8.93. The molecule has 1 unspecified atom stereocenters. The number of rotatable bonds is 3. The van der Waals surface area contributed by atoms with Crippen LogP contribution in [0.1, 0.15) is 42.2 Å². The van der Waals surface area contributed by atoms with E-state index in [1.165, 1.54) is 6.07 Å². The van der Waals surface area contributed by atoms with E-state index in [0.717, 1.165) is 18.6 Å². The van der Waals surface area contributed by atoms with E-state index in [1.54, 1.807) is 0 Å². The van der Waals surface area contributed by atoms with Gasteiger partial charge in [0.05, 0.1) is 11.1 Å². The van der Waals surface area contributed by atoms with E-state index in [4.69, 9.17) is 0 Å². The number of halogens is 2. The SMILES string of the molecule is CCC(C)c1cc(C(=O)O)c2cc(F)c(F)cc2n1. The Morgan fingerprint density at radius 2 is 1.95 bits per heavy atom. The van der Waals surface area contributed by atoms with Crippen molar-refractivity contribution in [2.24, 2.45) is 0 Å². The molecule has 1 aromatic heterocycles. The fraction of sp³-hybridized carbons (Fsp3) is 0.286. The molecular weight excluding hydrogens is 252 g/mol. The van der Waals surface area contributed by atoms with Crippen LogP contribution in [0.4, 0.5) is 8.78 Å². The molecule has 0 bridgehead atoms. The van der Waals surface area contributed by atoms with E-state index in [0.29, 0.717) is 5.69 Å². The molecule has 0 saturated heterocycles. The van der Waals surface area contributed by atoms with Crippen LogP contribution < -0.4 is 0 Å². The standard InChI is InChI=1S/C14H13F2NO2/c1-3-7(2)12-5-9(14(18)19)8-4-10(15)11(16)6-13(8)17-12/h4-7H,3H2,1-2H3,(H,18,19). The predicted molar refractivity (Wildman–Crippen MR) is 67.3 cm³/mol. The van der Waals surface area contributed by atoms with Crippen molar-refractivity contribution in [1.29, 1.82) is 0 Å². The third kappa shape index (κ3) is 2.41. The molecule has 19 heavy (non-hydrogen) atoms. The maximum absolute atomic E-state index is 13.2. The molecule has 3 nitrogen and oxygen atoms in total. The molecule has 0 aliphatic heterocycles. The minimum absolute atomic E-state index is 0.0515. The van der Waals surface area contributed by atoms with Gasteiger partial charge in [0.25, 0.3) is 0 Å². The van der Waals surface area contributed by atoms with Gasteiger partial charge in [-0.15, -0.1) is 0 Å². The zero-order chi connectivity index (χ0) is 14.2. The summed E-state index contributed by atoms with van der Waals surface area (Å²) in [5.41, 5.74) is 0.673. The van der Waals surface area contributed by atoms with Crippen LogP contribution in [0, 0.1) is 11.6 Å². The minimum atomic E-state index is -1.18. The van der Waals surface area contributed by atoms with Crippen LogP contribution in [-0.4, -0.2) is 16.1 Å². The summed E-state index contributed by atoms with van der Waals surface area (Å²) in [5, 5.41) is 9.29. The smallest absolute Gasteiger partial charge is 0.336 e. The molecular formula is C14H13F2NO2. The average molecular weight is 265 g/mol. The lowest BCUT2D eigenvalue weighted by Crippen LogP contribution is -2.05. The largest absolute Gasteiger partial charge is 0.478 e. The lowest BCUT2D eigenvalue weighted by Gasteiger charge is -2.11. The van der Waals surface area contributed by atoms with Crippen molar-refractivity contribution in [3.8, 4) is 0 Å². The zero-order valence-corrected chi connectivity index (χ0v) is 10.6. The second kappa shape index (κ2) is 4.91. The van der Waals surface area contributed by atoms with E-state index in [9.17, 15) is 18.7 Å². The third-order valence-corrected chi connectivity index (χ3v) is 3.22. The number of nitrogens with zero attached hydrogens (tertiary/aromatic N) is 1. The van der Waals surface area contributed by atoms with Gasteiger partial charge in [0.15, 0.2) is 11.6 Å². The molecule has 0 radical (unpaired) electrons. The average Bonchev–Trinajstić information content (AvgIpc) is 2.37. The van der Waals surface area contributed by atoms with Crippen molar-refractivity contribution in [3.63, 3.8) is 0 Å². The Morgan fingerprint density at radius 1 is 1.32 bits per heavy atom. The lowest BCUT2D eigenvalue weighted by molar-refractivity contribution is 0.0699. The van der Waals surface area contributed by atoms with Crippen molar-refractivity contribution in [1.82, 2.24) is 4.98 Å². The molecule has 2 aromatic rings. The topological polar surface area (TPSA) is 50.2 Å². The summed E-state index contributed by atoms with van der Waals surface area (Å²) in [6.45, 7) is 3.85. The highest BCUT2D eigenvalue weighted by molar-refractivity contribution is 6.02. The molecule has 0 saturated carbocycles. The fourth-order valence-electron chi connectivity index (χ4n) is 1.88. The second-order valence-corrected chi connectivity index (χ2v) is 4.49. The van der Waals surface area contributed by atoms with Gasteiger partial charge in [0.2, 0.25) is 0 Å². The van der Waals surface area contributed by atoms with Crippen LogP contribution in [0.5, 0.6) is 0 Å². The Morgan fingerprint density at radius 3 is 2.53 bits per heavy atom. The van der Waals surface area contributed by atoms with E-state index >= 15 is 0 Å². The molecule has 0 aliphatic carbocycles. The van der Waals surface area contributed by atoms with E-state index in [-0.39, 0.29) is 22.4 Å². The Balaban J connectivity index is 2.79. The van der Waals surface area contributed by atoms with E-state index in [1.807, 2.05) is 13.8 Å². The lowest BCUT2D eigenvalue weighted by atomic mass is 9.99. The number of pyridine rings is 1. The van der Waals surface area contributed by atoms with Crippen LogP contribution in [0.25, 0.3) is 10.9 Å². The summed E-state index contributed by atoms with van der Waals surface area (Å²) in [6, 6.07) is 3.24. The van der Waals surface area contributed by atoms with Gasteiger partial charge >= 0.3 is 5.97 Å². The monoisotopic (exact) mass is 265 g/mol. The number of carbonyl (C=O) groups is 1. The normalized spacial score (nSPS) is 12.6. The number of hydrogen-bond acceptors (Lipinski definition) is 2. The molecule has 1 atom stereocenters. The van der Waals surface area contributed by atoms with Crippen LogP contribution in [0.15, 0.2) is 18.2 Å². The van der Waals surface area contributed by atoms with Gasteiger partial charge in [-0.25, -0.2) is 13.6 Å². The summed E-state index contributed by atoms with van der Waals surface area (Å²) in [5.74, 6) is -3.23. The van der Waals surface area contributed by atoms with Crippen LogP contribution in [0.3, 0.4) is 0 Å². The number of aromatic nitrogens is 1. The summed E-state index contributed by atoms with van der Waals surface area (Å²) in [4.78, 5) is 15.5. The summed E-state index contributed by atoms with van der Waals surface area (Å²) >= 11 is 0. The van der Waals surface area contributed by atoms with Gasteiger partial charge in [0, 0.05) is 17.1 Å². The number of carboxylic acids is 1. The van der Waals surface area contributed by atoms with E-state index in [2.05, 4.69) is 4.98 Å². The van der Waals surface area contributed by atoms with Gasteiger partial charge in [-0.2, -0.15) is 0 Å². The minimum Gasteiger partial charge on any atom is -0.478 e. The summed E-state index contributed by atoms with van der Waals surface area (Å²) in [6.07, 6.45) is 0.779. The van der Waals surface area contributed by atoms with Crippen molar-refractivity contribution in [2.75, 3.05) is 0 Å². The highest BCUT2D eigenvalue weighted by atomic mass is 19.2. The molecule has 0 fully saturated rings. The number of hydrogen-bond donors (Lipinski definition) is 1. The predicted octanol–water partition coefficient (Wildman–Crippen LogP) is 3.72. The maximum atomic E-state index is 13.2. The highest BCUT2D eigenvalue weighted by Gasteiger charge is 2.17. The van der Waals surface area contributed by atoms with Crippen LogP contribution in [0.2, 0.25) is 0 Å². The second-order valence-electron chi connectivity index (χ2n) is 4.49. The molecule has 0 spiro atoms. The fourth-order valence-corrected chi connectivity index (χ4v) is 1.88. The van der Waals surface area contributed by atoms with Crippen molar-refractivity contribution in [3.05, 3.63) is 41.1 Å². The molecule has 1 aromatic carbocycles. The van der Waals surface area contributed by atoms with Gasteiger partial charge in [-0.05, 0) is 24.5 Å². The van der Waals surface area contributed by atoms with Gasteiger partial charge < -0.3 is 5.11 Å². The first kappa shape index (κ1) is 13.4. The maximum Gasteiger partial charge on any atom is 0.336 e. The quantitative estimate of drug-likeness (QED) is 0.920. The number of carboxylic acid groups (broad SMARTS) is 1. The summed E-state index contributed by atoms with van der Waals surface area (Å²) in [7, 11) is 0. The Hall–Kier alpha value is -2.04. The molecule has 1 N–H and O–H groups in total. The first-order valence-corrected chi connectivity index (χ1v) is 5.97. The molecule has 1 heterocycles. The number of aromatic carboxylic acids is 1. The van der Waals surface area contributed by atoms with E-state index < -0.39 is 17.6 Å². The Kier molecular flexibility index (Phi) is 3.46. The Labute approximate surface area is 108 Å². The number of fused-ring (bicyclic) bond motifs is 1. The van der Waals surface area contributed by atoms with Gasteiger partial charge in [0.1, 0.15) is 0 Å². The highest BCUT2D eigenvalue weighted by Crippen LogP contribution is 2.26.